The van der Waals surface area contributed by atoms with Gasteiger partial charge < -0.3 is 15.8 Å². The molecule has 0 aliphatic heterocycles. The van der Waals surface area contributed by atoms with Gasteiger partial charge >= 0.3 is 0 Å². The van der Waals surface area contributed by atoms with Crippen molar-refractivity contribution in [3.63, 3.8) is 0 Å². The predicted molar refractivity (Wildman–Crippen MR) is 86.1 cm³/mol. The lowest BCUT2D eigenvalue weighted by atomic mass is 10.2. The molecule has 3 N–H and O–H groups in total. The first kappa shape index (κ1) is 14.5. The van der Waals surface area contributed by atoms with Crippen molar-refractivity contribution in [3.8, 4) is 5.75 Å². The van der Waals surface area contributed by atoms with Crippen molar-refractivity contribution in [1.29, 1.82) is 0 Å². The second-order valence-corrected chi connectivity index (χ2v) is 5.12. The van der Waals surface area contributed by atoms with Crippen LogP contribution < -0.4 is 15.8 Å². The molecule has 0 heterocycles. The van der Waals surface area contributed by atoms with E-state index >= 15 is 0 Å². The number of hydrogen-bond acceptors (Lipinski definition) is 3. The van der Waals surface area contributed by atoms with E-state index in [0.717, 1.165) is 23.4 Å². The molecule has 0 saturated carbocycles. The zero-order valence-corrected chi connectivity index (χ0v) is 12.5. The van der Waals surface area contributed by atoms with Crippen LogP contribution in [0.15, 0.2) is 36.4 Å². The number of halogens is 1. The van der Waals surface area contributed by atoms with Crippen LogP contribution in [0.2, 0.25) is 5.02 Å². The average molecular weight is 291 g/mol. The summed E-state index contributed by atoms with van der Waals surface area (Å²) in [6.07, 6.45) is 0.945. The van der Waals surface area contributed by atoms with Gasteiger partial charge in [-0.15, -0.1) is 0 Å². The van der Waals surface area contributed by atoms with E-state index in [1.54, 1.807) is 0 Å². The molecule has 0 amide bonds. The van der Waals surface area contributed by atoms with Crippen LogP contribution in [0.5, 0.6) is 5.75 Å². The van der Waals surface area contributed by atoms with Crippen molar-refractivity contribution >= 4 is 28.7 Å². The second kappa shape index (κ2) is 6.53. The van der Waals surface area contributed by atoms with Gasteiger partial charge in [-0.1, -0.05) is 24.6 Å². The largest absolute Gasteiger partial charge is 0.491 e. The number of nitrogens with one attached hydrogen (secondary N) is 1. The number of nitrogen functional groups attached to an aromatic ring is 1. The molecule has 20 heavy (non-hydrogen) atoms. The molecule has 4 heteroatoms. The molecular formula is C16H19ClN2O. The van der Waals surface area contributed by atoms with Crippen LogP contribution >= 0.6 is 11.6 Å². The molecule has 3 nitrogen and oxygen atoms in total. The normalized spacial score (nSPS) is 10.3. The van der Waals surface area contributed by atoms with Crippen LogP contribution in [-0.4, -0.2) is 6.61 Å². The molecule has 0 aliphatic carbocycles. The van der Waals surface area contributed by atoms with Gasteiger partial charge in [-0.3, -0.25) is 0 Å². The molecule has 0 atom stereocenters. The van der Waals surface area contributed by atoms with E-state index in [1.165, 1.54) is 0 Å². The lowest BCUT2D eigenvalue weighted by molar-refractivity contribution is 0.319. The number of hydrogen-bond donors (Lipinski definition) is 2. The smallest absolute Gasteiger partial charge is 0.144 e. The van der Waals surface area contributed by atoms with Gasteiger partial charge in [-0.05, 0) is 43.2 Å². The zero-order chi connectivity index (χ0) is 14.5. The molecule has 2 aromatic rings. The van der Waals surface area contributed by atoms with Gasteiger partial charge in [0.2, 0.25) is 0 Å². The third-order valence-corrected chi connectivity index (χ3v) is 3.19. The van der Waals surface area contributed by atoms with E-state index in [9.17, 15) is 0 Å². The van der Waals surface area contributed by atoms with E-state index in [-0.39, 0.29) is 0 Å². The topological polar surface area (TPSA) is 47.3 Å². The Labute approximate surface area is 124 Å². The highest BCUT2D eigenvalue weighted by Crippen LogP contribution is 2.30. The van der Waals surface area contributed by atoms with Gasteiger partial charge in [0.1, 0.15) is 5.75 Å². The Bertz CT molecular complexity index is 599. The van der Waals surface area contributed by atoms with Gasteiger partial charge in [0.15, 0.2) is 0 Å². The number of benzene rings is 2. The lowest BCUT2D eigenvalue weighted by Gasteiger charge is -2.13. The van der Waals surface area contributed by atoms with Gasteiger partial charge in [0, 0.05) is 11.8 Å². The van der Waals surface area contributed by atoms with Crippen LogP contribution in [0.25, 0.3) is 0 Å². The summed E-state index contributed by atoms with van der Waals surface area (Å²) in [4.78, 5) is 0. The van der Waals surface area contributed by atoms with Gasteiger partial charge in [-0.25, -0.2) is 0 Å². The van der Waals surface area contributed by atoms with Crippen molar-refractivity contribution in [1.82, 2.24) is 0 Å². The highest BCUT2D eigenvalue weighted by atomic mass is 35.5. The van der Waals surface area contributed by atoms with Crippen LogP contribution in [0.3, 0.4) is 0 Å². The molecule has 106 valence electrons. The SMILES string of the molecule is CCCOc1cc(Nc2ccc(C)cc2Cl)ccc1N. The zero-order valence-electron chi connectivity index (χ0n) is 11.7. The molecular weight excluding hydrogens is 272 g/mol. The quantitative estimate of drug-likeness (QED) is 0.780. The minimum absolute atomic E-state index is 0.638. The van der Waals surface area contributed by atoms with Crippen molar-refractivity contribution < 1.29 is 4.74 Å². The van der Waals surface area contributed by atoms with Crippen LogP contribution in [0.4, 0.5) is 17.1 Å². The number of anilines is 3. The standard InChI is InChI=1S/C16H19ClN2O/c1-3-8-20-16-10-12(5-6-14(16)18)19-15-7-4-11(2)9-13(15)17/h4-7,9-10,19H,3,8,18H2,1-2H3. The maximum atomic E-state index is 6.22. The summed E-state index contributed by atoms with van der Waals surface area (Å²) in [5, 5.41) is 3.97. The fourth-order valence-electron chi connectivity index (χ4n) is 1.83. The number of nitrogens with two attached hydrogens (primary N) is 1. The maximum absolute atomic E-state index is 6.22. The summed E-state index contributed by atoms with van der Waals surface area (Å²) in [6.45, 7) is 4.72. The van der Waals surface area contributed by atoms with Crippen LogP contribution in [-0.2, 0) is 0 Å². The predicted octanol–water partition coefficient (Wildman–Crippen LogP) is 4.76. The van der Waals surface area contributed by atoms with Crippen molar-refractivity contribution in [3.05, 3.63) is 47.0 Å². The Kier molecular flexibility index (Phi) is 4.74. The van der Waals surface area contributed by atoms with Crippen LogP contribution in [0.1, 0.15) is 18.9 Å². The summed E-state index contributed by atoms with van der Waals surface area (Å²) in [5.74, 6) is 0.695. The van der Waals surface area contributed by atoms with E-state index in [1.807, 2.05) is 43.3 Å². The van der Waals surface area contributed by atoms with Crippen LogP contribution in [0, 0.1) is 6.92 Å². The molecule has 0 unspecified atom stereocenters. The summed E-state index contributed by atoms with van der Waals surface area (Å²) in [7, 11) is 0. The van der Waals surface area contributed by atoms with Crippen molar-refractivity contribution in [2.45, 2.75) is 20.3 Å². The van der Waals surface area contributed by atoms with Gasteiger partial charge in [0.05, 0.1) is 23.0 Å². The van der Waals surface area contributed by atoms with Gasteiger partial charge in [0.25, 0.3) is 0 Å². The highest BCUT2D eigenvalue weighted by molar-refractivity contribution is 6.33. The minimum atomic E-state index is 0.638. The molecule has 0 aliphatic rings. The average Bonchev–Trinajstić information content (AvgIpc) is 2.42. The Morgan fingerprint density at radius 3 is 2.70 bits per heavy atom. The third kappa shape index (κ3) is 3.58. The first-order chi connectivity index (χ1) is 9.60. The molecule has 2 aromatic carbocycles. The number of aryl methyl sites for hydroxylation is 1. The summed E-state index contributed by atoms with van der Waals surface area (Å²) in [6, 6.07) is 11.5. The van der Waals surface area contributed by atoms with E-state index in [4.69, 9.17) is 22.1 Å². The fraction of sp³-hybridized carbons (Fsp3) is 0.250. The maximum Gasteiger partial charge on any atom is 0.144 e. The second-order valence-electron chi connectivity index (χ2n) is 4.71. The fourth-order valence-corrected chi connectivity index (χ4v) is 2.11. The number of ether oxygens (including phenoxy) is 1. The molecule has 0 aromatic heterocycles. The third-order valence-electron chi connectivity index (χ3n) is 2.88. The highest BCUT2D eigenvalue weighted by Gasteiger charge is 2.05. The molecule has 0 spiro atoms. The first-order valence-corrected chi connectivity index (χ1v) is 7.03. The molecule has 0 bridgehead atoms. The Balaban J connectivity index is 2.20. The van der Waals surface area contributed by atoms with E-state index in [2.05, 4.69) is 12.2 Å². The summed E-state index contributed by atoms with van der Waals surface area (Å²) >= 11 is 6.22. The van der Waals surface area contributed by atoms with E-state index < -0.39 is 0 Å². The molecule has 0 radical (unpaired) electrons. The van der Waals surface area contributed by atoms with E-state index in [0.29, 0.717) is 23.1 Å². The summed E-state index contributed by atoms with van der Waals surface area (Å²) < 4.78 is 5.62. The Morgan fingerprint density at radius 2 is 2.00 bits per heavy atom. The molecule has 2 rings (SSSR count). The molecule has 0 saturated heterocycles. The minimum Gasteiger partial charge on any atom is -0.491 e. The first-order valence-electron chi connectivity index (χ1n) is 6.65. The molecule has 0 fully saturated rings. The van der Waals surface area contributed by atoms with Crippen molar-refractivity contribution in [2.24, 2.45) is 0 Å². The Hall–Kier alpha value is -1.87. The van der Waals surface area contributed by atoms with Crippen molar-refractivity contribution in [2.75, 3.05) is 17.7 Å². The van der Waals surface area contributed by atoms with Gasteiger partial charge in [-0.2, -0.15) is 0 Å². The lowest BCUT2D eigenvalue weighted by Crippen LogP contribution is -2.00. The summed E-state index contributed by atoms with van der Waals surface area (Å²) in [5.41, 5.74) is 9.43. The Morgan fingerprint density at radius 1 is 1.20 bits per heavy atom. The monoisotopic (exact) mass is 290 g/mol. The number of rotatable bonds is 5.